The number of carboxylic acid groups (broad SMARTS) is 1. The van der Waals surface area contributed by atoms with Crippen LogP contribution in [0.3, 0.4) is 0 Å². The first kappa shape index (κ1) is 16.4. The van der Waals surface area contributed by atoms with E-state index < -0.39 is 18.2 Å². The molecule has 1 heterocycles. The SMILES string of the molecule is CCCNC(=O)CCCC(=O)N1CCC(F)(C(=O)O)C1. The lowest BCUT2D eigenvalue weighted by Gasteiger charge is -2.17. The summed E-state index contributed by atoms with van der Waals surface area (Å²) < 4.78 is 13.8. The van der Waals surface area contributed by atoms with Crippen LogP contribution in [-0.2, 0) is 14.4 Å². The molecular weight excluding hydrogens is 267 g/mol. The van der Waals surface area contributed by atoms with E-state index in [1.54, 1.807) is 0 Å². The summed E-state index contributed by atoms with van der Waals surface area (Å²) in [5, 5.41) is 11.4. The molecule has 2 amide bonds. The number of carboxylic acids is 1. The number of amides is 2. The smallest absolute Gasteiger partial charge is 0.343 e. The molecule has 1 atom stereocenters. The molecule has 20 heavy (non-hydrogen) atoms. The minimum atomic E-state index is -2.33. The third-order valence-electron chi connectivity index (χ3n) is 3.32. The quantitative estimate of drug-likeness (QED) is 0.722. The van der Waals surface area contributed by atoms with E-state index in [9.17, 15) is 18.8 Å². The van der Waals surface area contributed by atoms with Crippen LogP contribution in [0.4, 0.5) is 4.39 Å². The van der Waals surface area contributed by atoms with Gasteiger partial charge in [0.15, 0.2) is 0 Å². The molecule has 0 saturated carbocycles. The predicted molar refractivity (Wildman–Crippen MR) is 69.8 cm³/mol. The van der Waals surface area contributed by atoms with Gasteiger partial charge in [0.05, 0.1) is 6.54 Å². The van der Waals surface area contributed by atoms with Gasteiger partial charge in [-0.05, 0) is 12.8 Å². The van der Waals surface area contributed by atoms with Crippen LogP contribution in [-0.4, -0.2) is 53.1 Å². The summed E-state index contributed by atoms with van der Waals surface area (Å²) in [5.41, 5.74) is -2.33. The second kappa shape index (κ2) is 7.21. The lowest BCUT2D eigenvalue weighted by molar-refractivity contribution is -0.150. The van der Waals surface area contributed by atoms with E-state index in [0.29, 0.717) is 13.0 Å². The zero-order chi connectivity index (χ0) is 15.2. The Morgan fingerprint density at radius 1 is 1.35 bits per heavy atom. The van der Waals surface area contributed by atoms with Crippen molar-refractivity contribution in [2.24, 2.45) is 0 Å². The van der Waals surface area contributed by atoms with Gasteiger partial charge in [-0.1, -0.05) is 6.92 Å². The fourth-order valence-electron chi connectivity index (χ4n) is 2.07. The molecule has 0 spiro atoms. The second-order valence-corrected chi connectivity index (χ2v) is 5.04. The van der Waals surface area contributed by atoms with Crippen LogP contribution in [0.1, 0.15) is 39.0 Å². The average molecular weight is 288 g/mol. The number of alkyl halides is 1. The van der Waals surface area contributed by atoms with Crippen LogP contribution in [0.2, 0.25) is 0 Å². The molecule has 114 valence electrons. The van der Waals surface area contributed by atoms with Gasteiger partial charge < -0.3 is 15.3 Å². The number of likely N-dealkylation sites (tertiary alicyclic amines) is 1. The van der Waals surface area contributed by atoms with Gasteiger partial charge in [-0.3, -0.25) is 9.59 Å². The molecule has 1 unspecified atom stereocenters. The Balaban J connectivity index is 2.28. The Morgan fingerprint density at radius 2 is 2.05 bits per heavy atom. The molecule has 0 radical (unpaired) electrons. The maximum absolute atomic E-state index is 13.8. The summed E-state index contributed by atoms with van der Waals surface area (Å²) in [5.74, 6) is -1.92. The van der Waals surface area contributed by atoms with Crippen molar-refractivity contribution in [1.29, 1.82) is 0 Å². The standard InChI is InChI=1S/C13H21FN2O4/c1-2-7-15-10(17)4-3-5-11(18)16-8-6-13(14,9-16)12(19)20/h2-9H2,1H3,(H,15,17)(H,19,20). The van der Waals surface area contributed by atoms with E-state index in [4.69, 9.17) is 5.11 Å². The molecule has 0 aromatic rings. The van der Waals surface area contributed by atoms with Gasteiger partial charge in [0, 0.05) is 32.4 Å². The zero-order valence-electron chi connectivity index (χ0n) is 11.7. The van der Waals surface area contributed by atoms with Gasteiger partial charge >= 0.3 is 5.97 Å². The highest BCUT2D eigenvalue weighted by atomic mass is 19.1. The van der Waals surface area contributed by atoms with E-state index >= 15 is 0 Å². The van der Waals surface area contributed by atoms with Crippen molar-refractivity contribution in [3.05, 3.63) is 0 Å². The van der Waals surface area contributed by atoms with E-state index in [0.717, 1.165) is 6.42 Å². The van der Waals surface area contributed by atoms with Crippen molar-refractivity contribution in [3.8, 4) is 0 Å². The van der Waals surface area contributed by atoms with E-state index in [-0.39, 0.29) is 37.6 Å². The lowest BCUT2D eigenvalue weighted by Crippen LogP contribution is -2.38. The average Bonchev–Trinajstić information content (AvgIpc) is 2.80. The number of rotatable bonds is 7. The molecule has 1 saturated heterocycles. The first-order chi connectivity index (χ1) is 9.39. The summed E-state index contributed by atoms with van der Waals surface area (Å²) in [4.78, 5) is 35.1. The fourth-order valence-corrected chi connectivity index (χ4v) is 2.07. The van der Waals surface area contributed by atoms with Gasteiger partial charge in [0.2, 0.25) is 17.5 Å². The Morgan fingerprint density at radius 3 is 2.60 bits per heavy atom. The van der Waals surface area contributed by atoms with Crippen molar-refractivity contribution in [2.45, 2.75) is 44.7 Å². The maximum Gasteiger partial charge on any atom is 0.343 e. The van der Waals surface area contributed by atoms with Crippen molar-refractivity contribution in [1.82, 2.24) is 10.2 Å². The van der Waals surface area contributed by atoms with Crippen molar-refractivity contribution in [3.63, 3.8) is 0 Å². The van der Waals surface area contributed by atoms with Crippen LogP contribution in [0.25, 0.3) is 0 Å². The number of halogens is 1. The van der Waals surface area contributed by atoms with Gasteiger partial charge in [0.1, 0.15) is 0 Å². The third-order valence-corrected chi connectivity index (χ3v) is 3.32. The molecule has 1 aliphatic rings. The first-order valence-corrected chi connectivity index (χ1v) is 6.86. The molecule has 6 nitrogen and oxygen atoms in total. The highest BCUT2D eigenvalue weighted by molar-refractivity contribution is 5.82. The number of carbonyl (C=O) groups is 3. The number of nitrogens with one attached hydrogen (secondary N) is 1. The fraction of sp³-hybridized carbons (Fsp3) is 0.769. The number of aliphatic carboxylic acids is 1. The minimum Gasteiger partial charge on any atom is -0.479 e. The summed E-state index contributed by atoms with van der Waals surface area (Å²) in [6.07, 6.45) is 1.45. The van der Waals surface area contributed by atoms with Crippen molar-refractivity contribution in [2.75, 3.05) is 19.6 Å². The summed E-state index contributed by atoms with van der Waals surface area (Å²) in [6, 6.07) is 0. The molecule has 1 aliphatic heterocycles. The van der Waals surface area contributed by atoms with Crippen molar-refractivity contribution < 1.29 is 23.9 Å². The van der Waals surface area contributed by atoms with Crippen LogP contribution < -0.4 is 5.32 Å². The Hall–Kier alpha value is -1.66. The lowest BCUT2D eigenvalue weighted by atomic mass is 10.1. The van der Waals surface area contributed by atoms with Gasteiger partial charge in [-0.2, -0.15) is 0 Å². The second-order valence-electron chi connectivity index (χ2n) is 5.04. The molecule has 1 fully saturated rings. The molecule has 1 rings (SSSR count). The normalized spacial score (nSPS) is 21.8. The molecule has 0 aromatic heterocycles. The topological polar surface area (TPSA) is 86.7 Å². The van der Waals surface area contributed by atoms with Gasteiger partial charge in [-0.15, -0.1) is 0 Å². The summed E-state index contributed by atoms with van der Waals surface area (Å²) >= 11 is 0. The number of hydrogen-bond acceptors (Lipinski definition) is 3. The maximum atomic E-state index is 13.8. The van der Waals surface area contributed by atoms with E-state index in [2.05, 4.69) is 5.32 Å². The largest absolute Gasteiger partial charge is 0.479 e. The molecule has 2 N–H and O–H groups in total. The zero-order valence-corrected chi connectivity index (χ0v) is 11.7. The van der Waals surface area contributed by atoms with Crippen molar-refractivity contribution >= 4 is 17.8 Å². The third kappa shape index (κ3) is 4.47. The highest BCUT2D eigenvalue weighted by Crippen LogP contribution is 2.26. The summed E-state index contributed by atoms with van der Waals surface area (Å²) in [6.45, 7) is 2.28. The molecule has 7 heteroatoms. The number of nitrogens with zero attached hydrogens (tertiary/aromatic N) is 1. The molecular formula is C13H21FN2O4. The van der Waals surface area contributed by atoms with E-state index in [1.165, 1.54) is 4.90 Å². The Bertz CT molecular complexity index is 389. The van der Waals surface area contributed by atoms with Gasteiger partial charge in [0.25, 0.3) is 0 Å². The Kier molecular flexibility index (Phi) is 5.91. The molecule has 0 bridgehead atoms. The predicted octanol–water partition coefficient (Wildman–Crippen LogP) is 0.708. The van der Waals surface area contributed by atoms with Crippen LogP contribution in [0, 0.1) is 0 Å². The van der Waals surface area contributed by atoms with E-state index in [1.807, 2.05) is 6.92 Å². The highest BCUT2D eigenvalue weighted by Gasteiger charge is 2.46. The number of carbonyl (C=O) groups excluding carboxylic acids is 2. The van der Waals surface area contributed by atoms with Crippen LogP contribution in [0.5, 0.6) is 0 Å². The monoisotopic (exact) mass is 288 g/mol. The van der Waals surface area contributed by atoms with Crippen LogP contribution >= 0.6 is 0 Å². The Labute approximate surface area is 117 Å². The van der Waals surface area contributed by atoms with Gasteiger partial charge in [-0.25, -0.2) is 9.18 Å². The van der Waals surface area contributed by atoms with Crippen LogP contribution in [0.15, 0.2) is 0 Å². The molecule has 0 aromatic carbocycles. The minimum absolute atomic E-state index is 0.105. The first-order valence-electron chi connectivity index (χ1n) is 6.86. The summed E-state index contributed by atoms with van der Waals surface area (Å²) in [7, 11) is 0. The molecule has 0 aliphatic carbocycles. The number of hydrogen-bond donors (Lipinski definition) is 2.